The van der Waals surface area contributed by atoms with Gasteiger partial charge in [-0.05, 0) is 25.3 Å². The molecule has 0 aliphatic carbocycles. The van der Waals surface area contributed by atoms with Gasteiger partial charge in [0.25, 0.3) is 0 Å². The molecule has 0 fully saturated rings. The van der Waals surface area contributed by atoms with Crippen molar-refractivity contribution >= 4 is 6.08 Å². The molecule has 0 amide bonds. The monoisotopic (exact) mass is 188 g/mol. The highest BCUT2D eigenvalue weighted by molar-refractivity contribution is 5.49. The summed E-state index contributed by atoms with van der Waals surface area (Å²) in [7, 11) is 0. The SMILES string of the molecule is CCCCC/C=C\c1cccc(C)c1. The molecule has 0 atom stereocenters. The van der Waals surface area contributed by atoms with Crippen molar-refractivity contribution in [3.63, 3.8) is 0 Å². The van der Waals surface area contributed by atoms with Crippen molar-refractivity contribution in [2.24, 2.45) is 0 Å². The molecule has 1 aromatic carbocycles. The molecule has 0 spiro atoms. The van der Waals surface area contributed by atoms with Gasteiger partial charge in [-0.15, -0.1) is 0 Å². The topological polar surface area (TPSA) is 0 Å². The molecule has 0 aliphatic rings. The lowest BCUT2D eigenvalue weighted by molar-refractivity contribution is 0.730. The lowest BCUT2D eigenvalue weighted by atomic mass is 10.1. The van der Waals surface area contributed by atoms with E-state index in [0.717, 1.165) is 0 Å². The van der Waals surface area contributed by atoms with Crippen LogP contribution in [0.2, 0.25) is 0 Å². The Morgan fingerprint density at radius 1 is 1.21 bits per heavy atom. The predicted octanol–water partition coefficient (Wildman–Crippen LogP) is 4.59. The first kappa shape index (κ1) is 11.0. The maximum absolute atomic E-state index is 2.28. The quantitative estimate of drug-likeness (QED) is 0.593. The summed E-state index contributed by atoms with van der Waals surface area (Å²) in [5, 5.41) is 0. The molecule has 0 unspecified atom stereocenters. The summed E-state index contributed by atoms with van der Waals surface area (Å²) in [6.07, 6.45) is 9.68. The largest absolute Gasteiger partial charge is 0.0839 e. The molecule has 0 heteroatoms. The molecule has 0 radical (unpaired) electrons. The normalized spacial score (nSPS) is 11.0. The third kappa shape index (κ3) is 4.27. The molecule has 0 bridgehead atoms. The van der Waals surface area contributed by atoms with E-state index < -0.39 is 0 Å². The maximum Gasteiger partial charge on any atom is -0.0257 e. The Bertz CT molecular complexity index is 284. The lowest BCUT2D eigenvalue weighted by Gasteiger charge is -1.95. The minimum absolute atomic E-state index is 1.21. The Morgan fingerprint density at radius 2 is 2.07 bits per heavy atom. The lowest BCUT2D eigenvalue weighted by Crippen LogP contribution is -1.75. The fourth-order valence-electron chi connectivity index (χ4n) is 1.51. The van der Waals surface area contributed by atoms with Crippen molar-refractivity contribution in [3.8, 4) is 0 Å². The first-order valence-electron chi connectivity index (χ1n) is 5.56. The summed E-state index contributed by atoms with van der Waals surface area (Å²) in [5.41, 5.74) is 2.65. The second-order valence-electron chi connectivity index (χ2n) is 3.81. The highest BCUT2D eigenvalue weighted by atomic mass is 13.9. The highest BCUT2D eigenvalue weighted by Crippen LogP contribution is 2.07. The maximum atomic E-state index is 2.28. The smallest absolute Gasteiger partial charge is 0.0257 e. The van der Waals surface area contributed by atoms with Crippen LogP contribution in [0, 0.1) is 6.92 Å². The average Bonchev–Trinajstić information content (AvgIpc) is 2.18. The van der Waals surface area contributed by atoms with E-state index >= 15 is 0 Å². The summed E-state index contributed by atoms with van der Waals surface area (Å²) < 4.78 is 0. The van der Waals surface area contributed by atoms with E-state index in [-0.39, 0.29) is 0 Å². The second kappa shape index (κ2) is 6.42. The number of hydrogen-bond donors (Lipinski definition) is 0. The Hall–Kier alpha value is -1.04. The van der Waals surface area contributed by atoms with Gasteiger partial charge in [-0.1, -0.05) is 61.7 Å². The van der Waals surface area contributed by atoms with Gasteiger partial charge in [0.05, 0.1) is 0 Å². The first-order chi connectivity index (χ1) is 6.83. The Balaban J connectivity index is 2.36. The zero-order valence-corrected chi connectivity index (χ0v) is 9.29. The number of unbranched alkanes of at least 4 members (excludes halogenated alkanes) is 3. The van der Waals surface area contributed by atoms with Gasteiger partial charge in [0.1, 0.15) is 0 Å². The van der Waals surface area contributed by atoms with Crippen LogP contribution in [-0.4, -0.2) is 0 Å². The summed E-state index contributed by atoms with van der Waals surface area (Å²) in [6, 6.07) is 8.62. The molecule has 0 saturated heterocycles. The first-order valence-corrected chi connectivity index (χ1v) is 5.56. The van der Waals surface area contributed by atoms with Crippen molar-refractivity contribution in [2.75, 3.05) is 0 Å². The number of rotatable bonds is 5. The molecule has 1 aromatic rings. The Kier molecular flexibility index (Phi) is 5.06. The summed E-state index contributed by atoms with van der Waals surface area (Å²) in [6.45, 7) is 4.37. The van der Waals surface area contributed by atoms with Crippen LogP contribution in [0.25, 0.3) is 6.08 Å². The molecular formula is C14H20. The van der Waals surface area contributed by atoms with E-state index in [1.54, 1.807) is 0 Å². The van der Waals surface area contributed by atoms with Gasteiger partial charge in [-0.25, -0.2) is 0 Å². The Labute approximate surface area is 87.7 Å². The van der Waals surface area contributed by atoms with Gasteiger partial charge < -0.3 is 0 Å². The van der Waals surface area contributed by atoms with Crippen LogP contribution in [0.5, 0.6) is 0 Å². The van der Waals surface area contributed by atoms with Crippen LogP contribution in [0.4, 0.5) is 0 Å². The zero-order valence-electron chi connectivity index (χ0n) is 9.29. The molecular weight excluding hydrogens is 168 g/mol. The van der Waals surface area contributed by atoms with Crippen molar-refractivity contribution in [3.05, 3.63) is 41.5 Å². The van der Waals surface area contributed by atoms with Gasteiger partial charge in [0.15, 0.2) is 0 Å². The van der Waals surface area contributed by atoms with Crippen molar-refractivity contribution in [2.45, 2.75) is 39.5 Å². The third-order valence-corrected chi connectivity index (χ3v) is 2.33. The van der Waals surface area contributed by atoms with Gasteiger partial charge in [-0.3, -0.25) is 0 Å². The minimum Gasteiger partial charge on any atom is -0.0839 e. The summed E-state index contributed by atoms with van der Waals surface area (Å²) >= 11 is 0. The van der Waals surface area contributed by atoms with Crippen molar-refractivity contribution in [1.29, 1.82) is 0 Å². The fourth-order valence-corrected chi connectivity index (χ4v) is 1.51. The molecule has 1 rings (SSSR count). The van der Waals surface area contributed by atoms with Gasteiger partial charge in [0.2, 0.25) is 0 Å². The fraction of sp³-hybridized carbons (Fsp3) is 0.429. The van der Waals surface area contributed by atoms with Crippen LogP contribution in [0.1, 0.15) is 43.7 Å². The van der Waals surface area contributed by atoms with Gasteiger partial charge in [-0.2, -0.15) is 0 Å². The van der Waals surface area contributed by atoms with E-state index in [9.17, 15) is 0 Å². The van der Waals surface area contributed by atoms with Gasteiger partial charge >= 0.3 is 0 Å². The molecule has 0 heterocycles. The third-order valence-electron chi connectivity index (χ3n) is 2.33. The molecule has 0 aromatic heterocycles. The number of aryl methyl sites for hydroxylation is 1. The van der Waals surface area contributed by atoms with E-state index in [2.05, 4.69) is 50.3 Å². The molecule has 0 N–H and O–H groups in total. The van der Waals surface area contributed by atoms with Crippen LogP contribution >= 0.6 is 0 Å². The van der Waals surface area contributed by atoms with E-state index in [1.165, 1.54) is 36.8 Å². The van der Waals surface area contributed by atoms with Crippen LogP contribution in [-0.2, 0) is 0 Å². The molecule has 76 valence electrons. The van der Waals surface area contributed by atoms with Crippen molar-refractivity contribution in [1.82, 2.24) is 0 Å². The van der Waals surface area contributed by atoms with Crippen LogP contribution in [0.15, 0.2) is 30.3 Å². The van der Waals surface area contributed by atoms with Crippen LogP contribution in [0.3, 0.4) is 0 Å². The molecule has 0 aliphatic heterocycles. The second-order valence-corrected chi connectivity index (χ2v) is 3.81. The van der Waals surface area contributed by atoms with Crippen LogP contribution < -0.4 is 0 Å². The summed E-state index contributed by atoms with van der Waals surface area (Å²) in [5.74, 6) is 0. The van der Waals surface area contributed by atoms with E-state index in [4.69, 9.17) is 0 Å². The predicted molar refractivity (Wildman–Crippen MR) is 64.4 cm³/mol. The number of allylic oxidation sites excluding steroid dienone is 1. The summed E-state index contributed by atoms with van der Waals surface area (Å²) in [4.78, 5) is 0. The number of benzene rings is 1. The van der Waals surface area contributed by atoms with E-state index in [1.807, 2.05) is 0 Å². The van der Waals surface area contributed by atoms with E-state index in [0.29, 0.717) is 0 Å². The Morgan fingerprint density at radius 3 is 2.79 bits per heavy atom. The van der Waals surface area contributed by atoms with Gasteiger partial charge in [0, 0.05) is 0 Å². The molecule has 0 nitrogen and oxygen atoms in total. The highest BCUT2D eigenvalue weighted by Gasteiger charge is 1.87. The zero-order chi connectivity index (χ0) is 10.2. The average molecular weight is 188 g/mol. The molecule has 14 heavy (non-hydrogen) atoms. The van der Waals surface area contributed by atoms with Crippen molar-refractivity contribution < 1.29 is 0 Å². The minimum atomic E-state index is 1.21. The molecule has 0 saturated carbocycles. The standard InChI is InChI=1S/C14H20/c1-3-4-5-6-7-10-14-11-8-9-13(2)12-14/h7-12H,3-6H2,1-2H3/b10-7-. The number of hydrogen-bond acceptors (Lipinski definition) is 0.